The van der Waals surface area contributed by atoms with Gasteiger partial charge in [-0.2, -0.15) is 5.10 Å². The van der Waals surface area contributed by atoms with Crippen molar-refractivity contribution in [3.05, 3.63) is 98.3 Å². The molecule has 4 aromatic rings. The molecule has 0 atom stereocenters. The molecule has 0 saturated carbocycles. The fourth-order valence-electron chi connectivity index (χ4n) is 3.35. The molecule has 4 rings (SSSR count). The van der Waals surface area contributed by atoms with E-state index in [9.17, 15) is 26.7 Å². The van der Waals surface area contributed by atoms with Gasteiger partial charge in [-0.05, 0) is 36.9 Å². The summed E-state index contributed by atoms with van der Waals surface area (Å²) in [5.74, 6) is -9.87. The first-order chi connectivity index (χ1) is 16.6. The molecule has 0 saturated heterocycles. The number of aromatic nitrogens is 2. The maximum absolute atomic E-state index is 13.9. The van der Waals surface area contributed by atoms with Gasteiger partial charge in [0.1, 0.15) is 12.4 Å². The van der Waals surface area contributed by atoms with E-state index in [0.29, 0.717) is 4.88 Å². The highest BCUT2D eigenvalue weighted by Gasteiger charge is 2.26. The molecule has 0 radical (unpaired) electrons. The fourth-order valence-corrected chi connectivity index (χ4v) is 4.14. The number of thiophene rings is 1. The summed E-state index contributed by atoms with van der Waals surface area (Å²) in [5.41, 5.74) is 2.07. The van der Waals surface area contributed by atoms with Crippen molar-refractivity contribution in [1.29, 1.82) is 0 Å². The monoisotopic (exact) mass is 507 g/mol. The first-order valence-electron chi connectivity index (χ1n) is 10.3. The Balaban J connectivity index is 1.40. The average Bonchev–Trinajstić information content (AvgIpc) is 3.48. The Kier molecular flexibility index (Phi) is 6.88. The summed E-state index contributed by atoms with van der Waals surface area (Å²) in [6, 6.07) is 7.51. The highest BCUT2D eigenvalue weighted by molar-refractivity contribution is 7.12. The number of benzene rings is 2. The standard InChI is InChI=1S/C24H18F5N3O2S/c1-12-3-4-17(13(2)5-12)34-10-14-6-18(35-11-14)24(33)31-15-7-30-32(8-15)9-16-19(25)21(27)23(29)22(28)20(16)26/h3-8,11H,9-10H2,1-2H3,(H,31,33). The summed E-state index contributed by atoms with van der Waals surface area (Å²) in [4.78, 5) is 12.9. The summed E-state index contributed by atoms with van der Waals surface area (Å²) in [7, 11) is 0. The van der Waals surface area contributed by atoms with Crippen LogP contribution in [0.1, 0.15) is 31.9 Å². The Labute approximate surface area is 200 Å². The van der Waals surface area contributed by atoms with Crippen LogP contribution in [-0.4, -0.2) is 15.7 Å². The lowest BCUT2D eigenvalue weighted by atomic mass is 10.1. The van der Waals surface area contributed by atoms with Gasteiger partial charge in [0.05, 0.1) is 28.9 Å². The molecule has 182 valence electrons. The highest BCUT2D eigenvalue weighted by Crippen LogP contribution is 2.25. The zero-order valence-corrected chi connectivity index (χ0v) is 19.3. The van der Waals surface area contributed by atoms with Crippen LogP contribution in [0.5, 0.6) is 5.75 Å². The number of rotatable bonds is 7. The van der Waals surface area contributed by atoms with Crippen molar-refractivity contribution in [2.24, 2.45) is 0 Å². The van der Waals surface area contributed by atoms with Crippen LogP contribution in [0.15, 0.2) is 42.0 Å². The third-order valence-corrected chi connectivity index (χ3v) is 6.09. The van der Waals surface area contributed by atoms with Crippen LogP contribution in [-0.2, 0) is 13.2 Å². The number of nitrogens with one attached hydrogen (secondary N) is 1. The number of hydrogen-bond acceptors (Lipinski definition) is 4. The lowest BCUT2D eigenvalue weighted by molar-refractivity contribution is 0.103. The number of aryl methyl sites for hydroxylation is 2. The van der Waals surface area contributed by atoms with Crippen molar-refractivity contribution in [2.45, 2.75) is 27.0 Å². The molecule has 1 amide bonds. The maximum Gasteiger partial charge on any atom is 0.265 e. The van der Waals surface area contributed by atoms with E-state index in [1.807, 2.05) is 32.0 Å². The van der Waals surface area contributed by atoms with Crippen molar-refractivity contribution >= 4 is 22.9 Å². The van der Waals surface area contributed by atoms with Crippen LogP contribution in [0.2, 0.25) is 0 Å². The Morgan fingerprint density at radius 3 is 2.40 bits per heavy atom. The van der Waals surface area contributed by atoms with Crippen molar-refractivity contribution in [3.8, 4) is 5.75 Å². The number of halogens is 5. The predicted octanol–water partition coefficient (Wildman–Crippen LogP) is 6.14. The summed E-state index contributed by atoms with van der Waals surface area (Å²) in [6.45, 7) is 3.48. The minimum absolute atomic E-state index is 0.181. The topological polar surface area (TPSA) is 56.1 Å². The summed E-state index contributed by atoms with van der Waals surface area (Å²) >= 11 is 1.20. The second-order valence-electron chi connectivity index (χ2n) is 7.81. The molecule has 0 bridgehead atoms. The van der Waals surface area contributed by atoms with Crippen LogP contribution < -0.4 is 10.1 Å². The Hall–Kier alpha value is -3.73. The van der Waals surface area contributed by atoms with Crippen molar-refractivity contribution < 1.29 is 31.5 Å². The van der Waals surface area contributed by atoms with E-state index in [2.05, 4.69) is 10.4 Å². The summed E-state index contributed by atoms with van der Waals surface area (Å²) in [6.07, 6.45) is 2.41. The molecule has 5 nitrogen and oxygen atoms in total. The molecule has 2 aromatic carbocycles. The zero-order chi connectivity index (χ0) is 25.3. The van der Waals surface area contributed by atoms with Gasteiger partial charge in [-0.3, -0.25) is 9.48 Å². The molecule has 0 aliphatic carbocycles. The molecule has 0 spiro atoms. The molecule has 35 heavy (non-hydrogen) atoms. The molecule has 0 aliphatic heterocycles. The van der Waals surface area contributed by atoms with Crippen molar-refractivity contribution in [3.63, 3.8) is 0 Å². The smallest absolute Gasteiger partial charge is 0.265 e. The first-order valence-corrected chi connectivity index (χ1v) is 11.1. The van der Waals surface area contributed by atoms with E-state index in [-0.39, 0.29) is 12.3 Å². The van der Waals surface area contributed by atoms with Crippen LogP contribution in [0, 0.1) is 42.9 Å². The number of carbonyl (C=O) groups excluding carboxylic acids is 1. The van der Waals surface area contributed by atoms with E-state index >= 15 is 0 Å². The largest absolute Gasteiger partial charge is 0.489 e. The molecular weight excluding hydrogens is 489 g/mol. The number of ether oxygens (including phenoxy) is 1. The molecule has 2 heterocycles. The third-order valence-electron chi connectivity index (χ3n) is 5.11. The fraction of sp³-hybridized carbons (Fsp3) is 0.167. The van der Waals surface area contributed by atoms with Crippen molar-refractivity contribution in [2.75, 3.05) is 5.32 Å². The number of carbonyl (C=O) groups is 1. The second-order valence-corrected chi connectivity index (χ2v) is 8.72. The van der Waals surface area contributed by atoms with Gasteiger partial charge in [0.2, 0.25) is 5.82 Å². The molecule has 0 fully saturated rings. The zero-order valence-electron chi connectivity index (χ0n) is 18.5. The van der Waals surface area contributed by atoms with Crippen LogP contribution in [0.3, 0.4) is 0 Å². The molecule has 1 N–H and O–H groups in total. The third kappa shape index (κ3) is 5.19. The van der Waals surface area contributed by atoms with E-state index in [1.165, 1.54) is 23.7 Å². The number of nitrogens with zero attached hydrogens (tertiary/aromatic N) is 2. The number of amides is 1. The van der Waals surface area contributed by atoms with Gasteiger partial charge in [0.15, 0.2) is 23.3 Å². The van der Waals surface area contributed by atoms with Crippen LogP contribution in [0.4, 0.5) is 27.6 Å². The average molecular weight is 507 g/mol. The van der Waals surface area contributed by atoms with Crippen molar-refractivity contribution in [1.82, 2.24) is 9.78 Å². The molecule has 2 aromatic heterocycles. The first kappa shape index (κ1) is 24.4. The maximum atomic E-state index is 13.9. The van der Waals surface area contributed by atoms with Gasteiger partial charge < -0.3 is 10.1 Å². The Morgan fingerprint density at radius 2 is 1.71 bits per heavy atom. The van der Waals surface area contributed by atoms with Crippen LogP contribution >= 0.6 is 11.3 Å². The van der Waals surface area contributed by atoms with E-state index in [1.54, 1.807) is 11.4 Å². The van der Waals surface area contributed by atoms with E-state index in [0.717, 1.165) is 27.1 Å². The number of anilines is 1. The summed E-state index contributed by atoms with van der Waals surface area (Å²) < 4.78 is 74.6. The van der Waals surface area contributed by atoms with Gasteiger partial charge in [-0.15, -0.1) is 11.3 Å². The normalized spacial score (nSPS) is 11.1. The molecule has 0 unspecified atom stereocenters. The van der Waals surface area contributed by atoms with Gasteiger partial charge >= 0.3 is 0 Å². The lowest BCUT2D eigenvalue weighted by Crippen LogP contribution is -2.12. The predicted molar refractivity (Wildman–Crippen MR) is 120 cm³/mol. The van der Waals surface area contributed by atoms with Gasteiger partial charge in [-0.25, -0.2) is 22.0 Å². The quantitative estimate of drug-likeness (QED) is 0.186. The lowest BCUT2D eigenvalue weighted by Gasteiger charge is -2.08. The second kappa shape index (κ2) is 9.87. The Morgan fingerprint density at radius 1 is 1.03 bits per heavy atom. The SMILES string of the molecule is Cc1ccc(OCc2csc(C(=O)Nc3cnn(Cc4c(F)c(F)c(F)c(F)c4F)c3)c2)c(C)c1. The van der Waals surface area contributed by atoms with Crippen LogP contribution in [0.25, 0.3) is 0 Å². The van der Waals surface area contributed by atoms with Gasteiger partial charge in [0, 0.05) is 11.8 Å². The molecule has 0 aliphatic rings. The van der Waals surface area contributed by atoms with Gasteiger partial charge in [-0.1, -0.05) is 17.7 Å². The highest BCUT2D eigenvalue weighted by atomic mass is 32.1. The Bertz CT molecular complexity index is 1390. The van der Waals surface area contributed by atoms with E-state index in [4.69, 9.17) is 4.74 Å². The minimum atomic E-state index is -2.23. The van der Waals surface area contributed by atoms with Gasteiger partial charge in [0.25, 0.3) is 5.91 Å². The molecule has 11 heteroatoms. The molecular formula is C24H18F5N3O2S. The summed E-state index contributed by atoms with van der Waals surface area (Å²) in [5, 5.41) is 8.18. The van der Waals surface area contributed by atoms with E-state index < -0.39 is 47.1 Å². The minimum Gasteiger partial charge on any atom is -0.489 e. The number of hydrogen-bond donors (Lipinski definition) is 1.